The lowest BCUT2D eigenvalue weighted by Crippen LogP contribution is -2.19. The van der Waals surface area contributed by atoms with Gasteiger partial charge in [-0.25, -0.2) is 0 Å². The Balaban J connectivity index is 2.88. The molecule has 0 radical (unpaired) electrons. The smallest absolute Gasteiger partial charge is 0.0111 e. The summed E-state index contributed by atoms with van der Waals surface area (Å²) >= 11 is 0. The summed E-state index contributed by atoms with van der Waals surface area (Å²) in [4.78, 5) is 0. The number of hydrogen-bond donors (Lipinski definition) is 0. The minimum atomic E-state index is 1.06. The molecule has 0 aromatic heterocycles. The minimum absolute atomic E-state index is 1.06. The highest BCUT2D eigenvalue weighted by Gasteiger charge is 2.05. The summed E-state index contributed by atoms with van der Waals surface area (Å²) in [5, 5.41) is 2.35. The lowest BCUT2D eigenvalue weighted by molar-refractivity contribution is 1.47. The summed E-state index contributed by atoms with van der Waals surface area (Å²) < 4.78 is 0. The molecule has 0 fully saturated rings. The fourth-order valence-electron chi connectivity index (χ4n) is 1.20. The molecule has 0 heterocycles. The number of allylic oxidation sites excluding steroid dienone is 1. The van der Waals surface area contributed by atoms with Crippen molar-refractivity contribution < 1.29 is 0 Å². The van der Waals surface area contributed by atoms with Crippen molar-refractivity contribution in [1.82, 2.24) is 0 Å². The van der Waals surface area contributed by atoms with E-state index in [9.17, 15) is 0 Å². The van der Waals surface area contributed by atoms with E-state index in [2.05, 4.69) is 31.4 Å². The van der Waals surface area contributed by atoms with Gasteiger partial charge in [-0.3, -0.25) is 0 Å². The number of benzene rings is 1. The van der Waals surface area contributed by atoms with Gasteiger partial charge in [0, 0.05) is 0 Å². The van der Waals surface area contributed by atoms with Gasteiger partial charge < -0.3 is 0 Å². The van der Waals surface area contributed by atoms with Crippen molar-refractivity contribution in [2.75, 3.05) is 0 Å². The highest BCUT2D eigenvalue weighted by Crippen LogP contribution is 2.14. The van der Waals surface area contributed by atoms with Crippen LogP contribution in [-0.2, 0) is 0 Å². The summed E-state index contributed by atoms with van der Waals surface area (Å²) in [6.45, 7) is 7.70. The largest absolute Gasteiger partial charge is 0.0917 e. The van der Waals surface area contributed by atoms with E-state index >= 15 is 0 Å². The molecule has 2 rings (SSSR count). The second-order valence-electron chi connectivity index (χ2n) is 2.59. The van der Waals surface area contributed by atoms with Crippen LogP contribution in [-0.4, -0.2) is 0 Å². The number of rotatable bonds is 0. The summed E-state index contributed by atoms with van der Waals surface area (Å²) in [5.41, 5.74) is 2.38. The van der Waals surface area contributed by atoms with Gasteiger partial charge in [-0.05, 0) is 33.7 Å². The Labute approximate surface area is 59.8 Å². The quantitative estimate of drug-likeness (QED) is 0.487. The molecule has 0 N–H and O–H groups in total. The van der Waals surface area contributed by atoms with Gasteiger partial charge in [0.05, 0.1) is 0 Å². The average Bonchev–Trinajstić information content (AvgIpc) is 1.92. The zero-order chi connectivity index (χ0) is 7.14. The van der Waals surface area contributed by atoms with Crippen LogP contribution in [0.3, 0.4) is 0 Å². The van der Waals surface area contributed by atoms with Gasteiger partial charge in [0.2, 0.25) is 0 Å². The van der Waals surface area contributed by atoms with Crippen molar-refractivity contribution in [2.45, 2.75) is 0 Å². The third-order valence-electron chi connectivity index (χ3n) is 1.79. The molecule has 0 saturated carbocycles. The minimum Gasteiger partial charge on any atom is -0.0917 e. The summed E-state index contributed by atoms with van der Waals surface area (Å²) in [6.07, 6.45) is 2.08. The van der Waals surface area contributed by atoms with E-state index < -0.39 is 0 Å². The van der Waals surface area contributed by atoms with E-state index in [-0.39, 0.29) is 0 Å². The predicted molar refractivity (Wildman–Crippen MR) is 44.7 cm³/mol. The van der Waals surface area contributed by atoms with Crippen molar-refractivity contribution >= 4 is 18.2 Å². The molecule has 48 valence electrons. The molecule has 10 heavy (non-hydrogen) atoms. The van der Waals surface area contributed by atoms with Crippen LogP contribution in [0, 0.1) is 0 Å². The molecule has 1 aliphatic rings. The first kappa shape index (κ1) is 5.48. The zero-order valence-electron chi connectivity index (χ0n) is 5.72. The van der Waals surface area contributed by atoms with Crippen LogP contribution in [0.25, 0.3) is 18.2 Å². The van der Waals surface area contributed by atoms with Gasteiger partial charge in [0.1, 0.15) is 0 Å². The topological polar surface area (TPSA) is 0 Å². The Morgan fingerprint density at radius 1 is 1.10 bits per heavy atom. The molecule has 1 aromatic carbocycles. The van der Waals surface area contributed by atoms with E-state index in [1.54, 1.807) is 0 Å². The van der Waals surface area contributed by atoms with E-state index in [0.717, 1.165) is 10.8 Å². The van der Waals surface area contributed by atoms with Gasteiger partial charge in [0.15, 0.2) is 0 Å². The zero-order valence-corrected chi connectivity index (χ0v) is 5.72. The highest BCUT2D eigenvalue weighted by molar-refractivity contribution is 5.95. The van der Waals surface area contributed by atoms with Crippen molar-refractivity contribution in [3.8, 4) is 0 Å². The number of fused-ring (bicyclic) bond motifs is 1. The van der Waals surface area contributed by atoms with Gasteiger partial charge >= 0.3 is 0 Å². The SMILES string of the molecule is C=C1C=c2ccc(=C)cc21. The summed E-state index contributed by atoms with van der Waals surface area (Å²) in [5.74, 6) is 0. The van der Waals surface area contributed by atoms with Gasteiger partial charge in [-0.15, -0.1) is 0 Å². The molecular formula is C10H8. The standard InChI is InChI=1S/C10H8/c1-7-3-4-9-6-8(2)10(9)5-7/h3-6H,1-2H2. The maximum atomic E-state index is 3.86. The van der Waals surface area contributed by atoms with Gasteiger partial charge in [-0.2, -0.15) is 0 Å². The molecule has 1 aliphatic carbocycles. The van der Waals surface area contributed by atoms with Crippen LogP contribution in [0.2, 0.25) is 0 Å². The molecule has 0 atom stereocenters. The van der Waals surface area contributed by atoms with Crippen molar-refractivity contribution in [3.63, 3.8) is 0 Å². The number of hydrogen-bond acceptors (Lipinski definition) is 0. The lowest BCUT2D eigenvalue weighted by Gasteiger charge is -2.10. The first-order chi connectivity index (χ1) is 4.77. The Hall–Kier alpha value is -1.30. The van der Waals surface area contributed by atoms with Gasteiger partial charge in [0.25, 0.3) is 0 Å². The molecule has 0 unspecified atom stereocenters. The van der Waals surface area contributed by atoms with E-state index in [1.165, 1.54) is 10.8 Å². The lowest BCUT2D eigenvalue weighted by atomic mass is 9.94. The molecule has 0 bridgehead atoms. The molecule has 1 aromatic rings. The Morgan fingerprint density at radius 3 is 2.50 bits per heavy atom. The highest BCUT2D eigenvalue weighted by atomic mass is 14.1. The monoisotopic (exact) mass is 128 g/mol. The third kappa shape index (κ3) is 0.561. The predicted octanol–water partition coefficient (Wildman–Crippen LogP) is 0.904. The fraction of sp³-hybridized carbons (Fsp3) is 0. The van der Waals surface area contributed by atoms with Crippen LogP contribution in [0.4, 0.5) is 0 Å². The van der Waals surface area contributed by atoms with Crippen LogP contribution in [0.5, 0.6) is 0 Å². The fourth-order valence-corrected chi connectivity index (χ4v) is 1.20. The molecular weight excluding hydrogens is 120 g/mol. The van der Waals surface area contributed by atoms with E-state index in [0.29, 0.717) is 0 Å². The van der Waals surface area contributed by atoms with Crippen LogP contribution in [0.1, 0.15) is 5.56 Å². The molecule has 0 spiro atoms. The third-order valence-corrected chi connectivity index (χ3v) is 1.79. The average molecular weight is 128 g/mol. The van der Waals surface area contributed by atoms with Crippen molar-refractivity contribution in [2.24, 2.45) is 0 Å². The first-order valence-corrected chi connectivity index (χ1v) is 3.27. The maximum absolute atomic E-state index is 3.86. The van der Waals surface area contributed by atoms with Crippen LogP contribution in [0.15, 0.2) is 24.8 Å². The summed E-state index contributed by atoms with van der Waals surface area (Å²) in [6, 6.07) is 6.16. The Bertz CT molecular complexity index is 397. The van der Waals surface area contributed by atoms with E-state index in [4.69, 9.17) is 0 Å². The van der Waals surface area contributed by atoms with Gasteiger partial charge in [-0.1, -0.05) is 25.3 Å². The first-order valence-electron chi connectivity index (χ1n) is 3.27. The van der Waals surface area contributed by atoms with Crippen molar-refractivity contribution in [1.29, 1.82) is 0 Å². The van der Waals surface area contributed by atoms with Crippen molar-refractivity contribution in [3.05, 3.63) is 40.8 Å². The Kier molecular flexibility index (Phi) is 0.877. The molecule has 0 aliphatic heterocycles. The van der Waals surface area contributed by atoms with Crippen LogP contribution >= 0.6 is 0 Å². The van der Waals surface area contributed by atoms with E-state index in [1.807, 2.05) is 6.07 Å². The second kappa shape index (κ2) is 1.60. The maximum Gasteiger partial charge on any atom is -0.0111 e. The summed E-state index contributed by atoms with van der Waals surface area (Å²) in [7, 11) is 0. The normalized spacial score (nSPS) is 13.4. The molecule has 0 nitrogen and oxygen atoms in total. The molecule has 0 saturated heterocycles. The molecule has 0 amide bonds. The van der Waals surface area contributed by atoms with Crippen LogP contribution < -0.4 is 10.4 Å². The Morgan fingerprint density at radius 2 is 1.90 bits per heavy atom. The molecule has 0 heteroatoms. The second-order valence-corrected chi connectivity index (χ2v) is 2.59.